The van der Waals surface area contributed by atoms with Crippen molar-refractivity contribution in [3.63, 3.8) is 0 Å². The molecule has 1 aliphatic carbocycles. The van der Waals surface area contributed by atoms with Crippen LogP contribution in [-0.4, -0.2) is 51.5 Å². The zero-order chi connectivity index (χ0) is 24.0. The van der Waals surface area contributed by atoms with Crippen LogP contribution in [0.4, 0.5) is 16.2 Å². The zero-order valence-electron chi connectivity index (χ0n) is 19.3. The fourth-order valence-electron chi connectivity index (χ4n) is 4.38. The number of fused-ring (bicyclic) bond motifs is 1. The summed E-state index contributed by atoms with van der Waals surface area (Å²) in [4.78, 5) is 26.5. The summed E-state index contributed by atoms with van der Waals surface area (Å²) >= 11 is 0. The van der Waals surface area contributed by atoms with Gasteiger partial charge in [0, 0.05) is 17.5 Å². The van der Waals surface area contributed by atoms with Gasteiger partial charge in [0.15, 0.2) is 0 Å². The number of rotatable bonds is 5. The third-order valence-electron chi connectivity index (χ3n) is 7.00. The molecule has 1 aromatic carbocycles. The Morgan fingerprint density at radius 3 is 2.33 bits per heavy atom. The highest BCUT2D eigenvalue weighted by molar-refractivity contribution is 6.62. The number of hydrogen-bond donors (Lipinski definition) is 3. The van der Waals surface area contributed by atoms with Crippen LogP contribution >= 0.6 is 0 Å². The predicted molar refractivity (Wildman–Crippen MR) is 125 cm³/mol. The number of carbonyl (C=O) groups is 1. The molecule has 1 amide bonds. The summed E-state index contributed by atoms with van der Waals surface area (Å²) in [6.07, 6.45) is 2.97. The number of hydrogen-bond acceptors (Lipinski definition) is 7. The third-order valence-corrected chi connectivity index (χ3v) is 7.00. The van der Waals surface area contributed by atoms with Gasteiger partial charge in [-0.3, -0.25) is 10.1 Å². The minimum Gasteiger partial charge on any atom is -0.465 e. The second-order valence-corrected chi connectivity index (χ2v) is 9.78. The Morgan fingerprint density at radius 2 is 1.76 bits per heavy atom. The summed E-state index contributed by atoms with van der Waals surface area (Å²) in [5.74, 6) is 0. The van der Waals surface area contributed by atoms with Gasteiger partial charge in [-0.1, -0.05) is 12.1 Å². The van der Waals surface area contributed by atoms with Crippen molar-refractivity contribution in [2.24, 2.45) is 0 Å². The standard InChI is InChI=1S/C22H29BN4O6/c1-21(2)22(3,4)33-23(32-21)13-5-10-17-16(11-13)19(18(12-24-17)27(30)31)25-14-6-8-15(9-7-14)26-20(28)29/h5,10-12,14-15,26H,6-9H2,1-4H3,(H,24,25)(H,28,29). The Kier molecular flexibility index (Phi) is 5.96. The van der Waals surface area contributed by atoms with Crippen molar-refractivity contribution in [2.75, 3.05) is 5.32 Å². The first-order chi connectivity index (χ1) is 15.5. The van der Waals surface area contributed by atoms with E-state index in [4.69, 9.17) is 14.4 Å². The normalized spacial score (nSPS) is 23.9. The molecule has 0 unspecified atom stereocenters. The molecule has 1 aromatic heterocycles. The smallest absolute Gasteiger partial charge is 0.465 e. The summed E-state index contributed by atoms with van der Waals surface area (Å²) in [7, 11) is -0.593. The van der Waals surface area contributed by atoms with Crippen molar-refractivity contribution in [3.8, 4) is 0 Å². The predicted octanol–water partition coefficient (Wildman–Crippen LogP) is 3.43. The summed E-state index contributed by atoms with van der Waals surface area (Å²) in [6, 6.07) is 5.42. The lowest BCUT2D eigenvalue weighted by atomic mass is 9.78. The first-order valence-corrected chi connectivity index (χ1v) is 11.2. The number of benzene rings is 1. The first-order valence-electron chi connectivity index (χ1n) is 11.2. The van der Waals surface area contributed by atoms with Gasteiger partial charge in [0.25, 0.3) is 0 Å². The molecule has 3 N–H and O–H groups in total. The van der Waals surface area contributed by atoms with Crippen molar-refractivity contribution in [1.82, 2.24) is 10.3 Å². The Balaban J connectivity index is 1.65. The minimum absolute atomic E-state index is 0.0124. The molecule has 0 bridgehead atoms. The van der Waals surface area contributed by atoms with Crippen LogP contribution in [0.5, 0.6) is 0 Å². The van der Waals surface area contributed by atoms with Crippen LogP contribution in [0.2, 0.25) is 0 Å². The maximum atomic E-state index is 11.8. The Hall–Kier alpha value is -2.92. The van der Waals surface area contributed by atoms with E-state index in [0.717, 1.165) is 5.46 Å². The summed E-state index contributed by atoms with van der Waals surface area (Å²) in [6.45, 7) is 7.90. The van der Waals surface area contributed by atoms with Crippen LogP contribution in [0, 0.1) is 10.1 Å². The van der Waals surface area contributed by atoms with Gasteiger partial charge in [-0.25, -0.2) is 9.78 Å². The second-order valence-electron chi connectivity index (χ2n) is 9.78. The van der Waals surface area contributed by atoms with Gasteiger partial charge < -0.3 is 25.0 Å². The molecule has 2 aliphatic rings. The van der Waals surface area contributed by atoms with Crippen LogP contribution in [0.25, 0.3) is 10.9 Å². The number of anilines is 1. The number of nitro groups is 1. The lowest BCUT2D eigenvalue weighted by Gasteiger charge is -2.32. The van der Waals surface area contributed by atoms with E-state index in [9.17, 15) is 14.9 Å². The molecular weight excluding hydrogens is 427 g/mol. The molecule has 4 rings (SSSR count). The molecule has 2 fully saturated rings. The van der Waals surface area contributed by atoms with Crippen LogP contribution in [0.15, 0.2) is 24.4 Å². The number of pyridine rings is 1. The van der Waals surface area contributed by atoms with Crippen molar-refractivity contribution >= 4 is 41.0 Å². The molecule has 0 spiro atoms. The van der Waals surface area contributed by atoms with E-state index in [1.807, 2.05) is 45.9 Å². The lowest BCUT2D eigenvalue weighted by Crippen LogP contribution is -2.41. The van der Waals surface area contributed by atoms with Crippen molar-refractivity contribution < 1.29 is 24.1 Å². The molecule has 0 atom stereocenters. The van der Waals surface area contributed by atoms with Crippen LogP contribution < -0.4 is 16.1 Å². The van der Waals surface area contributed by atoms with Crippen LogP contribution in [0.1, 0.15) is 53.4 Å². The van der Waals surface area contributed by atoms with E-state index in [0.29, 0.717) is 42.3 Å². The fraction of sp³-hybridized carbons (Fsp3) is 0.545. The lowest BCUT2D eigenvalue weighted by molar-refractivity contribution is -0.384. The van der Waals surface area contributed by atoms with Crippen LogP contribution in [-0.2, 0) is 9.31 Å². The molecule has 2 aromatic rings. The Bertz CT molecular complexity index is 1070. The molecule has 0 radical (unpaired) electrons. The quantitative estimate of drug-likeness (QED) is 0.354. The van der Waals surface area contributed by atoms with E-state index in [1.54, 1.807) is 0 Å². The number of nitrogens with one attached hydrogen (secondary N) is 2. The molecule has 2 heterocycles. The van der Waals surface area contributed by atoms with Gasteiger partial charge in [0.2, 0.25) is 0 Å². The van der Waals surface area contributed by atoms with E-state index in [-0.39, 0.29) is 17.8 Å². The average Bonchev–Trinajstić information content (AvgIpc) is 2.95. The van der Waals surface area contributed by atoms with Crippen LogP contribution in [0.3, 0.4) is 0 Å². The average molecular weight is 456 g/mol. The monoisotopic (exact) mass is 456 g/mol. The van der Waals surface area contributed by atoms with Crippen molar-refractivity contribution in [2.45, 2.75) is 76.7 Å². The van der Waals surface area contributed by atoms with Gasteiger partial charge in [0.05, 0.1) is 21.6 Å². The van der Waals surface area contributed by atoms with Gasteiger partial charge in [-0.2, -0.15) is 0 Å². The highest BCUT2D eigenvalue weighted by Gasteiger charge is 2.51. The SMILES string of the molecule is CC1(C)OB(c2ccc3ncc([N+](=O)[O-])c(NC4CCC(NC(=O)O)CC4)c3c2)OC1(C)C. The third kappa shape index (κ3) is 4.60. The minimum atomic E-state index is -1.03. The highest BCUT2D eigenvalue weighted by Crippen LogP contribution is 2.38. The number of amides is 1. The maximum Gasteiger partial charge on any atom is 0.494 e. The summed E-state index contributed by atoms with van der Waals surface area (Å²) < 4.78 is 12.3. The highest BCUT2D eigenvalue weighted by atomic mass is 16.7. The van der Waals surface area contributed by atoms with Gasteiger partial charge in [-0.05, 0) is 64.9 Å². The van der Waals surface area contributed by atoms with Gasteiger partial charge in [0.1, 0.15) is 11.9 Å². The summed E-state index contributed by atoms with van der Waals surface area (Å²) in [5, 5.41) is 27.2. The van der Waals surface area contributed by atoms with E-state index in [1.165, 1.54) is 6.20 Å². The molecule has 10 nitrogen and oxygen atoms in total. The topological polar surface area (TPSA) is 136 Å². The first kappa shape index (κ1) is 23.3. The molecule has 1 saturated heterocycles. The zero-order valence-corrected chi connectivity index (χ0v) is 19.3. The van der Waals surface area contributed by atoms with Gasteiger partial charge in [-0.15, -0.1) is 0 Å². The second kappa shape index (κ2) is 8.46. The molecule has 176 valence electrons. The fourth-order valence-corrected chi connectivity index (χ4v) is 4.38. The van der Waals surface area contributed by atoms with E-state index < -0.39 is 29.3 Å². The molecule has 11 heteroatoms. The number of carboxylic acid groups (broad SMARTS) is 1. The number of aromatic nitrogens is 1. The van der Waals surface area contributed by atoms with Crippen molar-refractivity contribution in [3.05, 3.63) is 34.5 Å². The molecule has 33 heavy (non-hydrogen) atoms. The largest absolute Gasteiger partial charge is 0.494 e. The molecule has 1 aliphatic heterocycles. The number of nitrogens with zero attached hydrogens (tertiary/aromatic N) is 2. The molecule has 1 saturated carbocycles. The Labute approximate surface area is 192 Å². The van der Waals surface area contributed by atoms with Crippen molar-refractivity contribution in [1.29, 1.82) is 0 Å². The summed E-state index contributed by atoms with van der Waals surface area (Å²) in [5.41, 5.74) is 0.706. The van der Waals surface area contributed by atoms with E-state index >= 15 is 0 Å². The Morgan fingerprint density at radius 1 is 1.15 bits per heavy atom. The maximum absolute atomic E-state index is 11.8. The van der Waals surface area contributed by atoms with Gasteiger partial charge >= 0.3 is 18.9 Å². The van der Waals surface area contributed by atoms with E-state index in [2.05, 4.69) is 15.6 Å². The molecular formula is C22H29BN4O6.